The van der Waals surface area contributed by atoms with Crippen molar-refractivity contribution in [3.05, 3.63) is 33.8 Å². The third-order valence-corrected chi connectivity index (χ3v) is 3.05. The quantitative estimate of drug-likeness (QED) is 0.873. The highest BCUT2D eigenvalue weighted by Gasteiger charge is 2.21. The van der Waals surface area contributed by atoms with Crippen LogP contribution in [0.3, 0.4) is 0 Å². The molecule has 0 heterocycles. The van der Waals surface area contributed by atoms with Crippen molar-refractivity contribution in [1.29, 1.82) is 0 Å². The molecule has 0 aliphatic rings. The van der Waals surface area contributed by atoms with Crippen LogP contribution in [0.4, 0.5) is 0 Å². The first-order valence-electron chi connectivity index (χ1n) is 5.73. The maximum absolute atomic E-state index is 11.6. The number of amides is 1. The number of halogens is 3. The van der Waals surface area contributed by atoms with Crippen LogP contribution in [0.1, 0.15) is 19.4 Å². The van der Waals surface area contributed by atoms with Crippen molar-refractivity contribution in [1.82, 2.24) is 10.6 Å². The Balaban J connectivity index is 0.00000324. The average molecular weight is 326 g/mol. The van der Waals surface area contributed by atoms with E-state index in [1.54, 1.807) is 19.2 Å². The first-order chi connectivity index (χ1) is 8.34. The zero-order valence-corrected chi connectivity index (χ0v) is 13.5. The van der Waals surface area contributed by atoms with Crippen molar-refractivity contribution >= 4 is 41.5 Å². The zero-order valence-electron chi connectivity index (χ0n) is 11.2. The van der Waals surface area contributed by atoms with E-state index >= 15 is 0 Å². The molecule has 19 heavy (non-hydrogen) atoms. The second-order valence-corrected chi connectivity index (χ2v) is 5.72. The lowest BCUT2D eigenvalue weighted by molar-refractivity contribution is -0.121. The van der Waals surface area contributed by atoms with Crippen molar-refractivity contribution in [2.24, 2.45) is 0 Å². The van der Waals surface area contributed by atoms with Crippen LogP contribution in [-0.4, -0.2) is 25.0 Å². The van der Waals surface area contributed by atoms with Gasteiger partial charge in [0, 0.05) is 15.6 Å². The number of nitrogens with one attached hydrogen (secondary N) is 2. The van der Waals surface area contributed by atoms with Crippen LogP contribution in [0.5, 0.6) is 0 Å². The highest BCUT2D eigenvalue weighted by molar-refractivity contribution is 6.35. The van der Waals surface area contributed by atoms with E-state index in [2.05, 4.69) is 10.6 Å². The second-order valence-electron chi connectivity index (χ2n) is 4.87. The highest BCUT2D eigenvalue weighted by Crippen LogP contribution is 2.24. The first-order valence-corrected chi connectivity index (χ1v) is 6.49. The van der Waals surface area contributed by atoms with Crippen LogP contribution in [-0.2, 0) is 11.2 Å². The summed E-state index contributed by atoms with van der Waals surface area (Å²) in [5, 5.41) is 7.01. The van der Waals surface area contributed by atoms with E-state index in [1.807, 2.05) is 19.9 Å². The number of hydrogen-bond acceptors (Lipinski definition) is 2. The molecule has 1 aromatic rings. The van der Waals surface area contributed by atoms with Crippen molar-refractivity contribution in [3.63, 3.8) is 0 Å². The lowest BCUT2D eigenvalue weighted by Gasteiger charge is -2.27. The van der Waals surface area contributed by atoms with Crippen molar-refractivity contribution in [2.75, 3.05) is 13.6 Å². The number of carbonyl (C=O) groups excluding carboxylic acids is 1. The maximum Gasteiger partial charge on any atom is 0.234 e. The molecule has 0 saturated heterocycles. The van der Waals surface area contributed by atoms with Gasteiger partial charge in [0.05, 0.1) is 6.54 Å². The lowest BCUT2D eigenvalue weighted by Crippen LogP contribution is -2.47. The van der Waals surface area contributed by atoms with E-state index in [0.717, 1.165) is 5.56 Å². The molecule has 1 amide bonds. The van der Waals surface area contributed by atoms with Crippen LogP contribution in [0.25, 0.3) is 0 Å². The summed E-state index contributed by atoms with van der Waals surface area (Å²) in [6, 6.07) is 5.40. The van der Waals surface area contributed by atoms with E-state index in [4.69, 9.17) is 23.2 Å². The number of likely N-dealkylation sites (N-methyl/N-ethyl adjacent to an activating group) is 1. The molecular weight excluding hydrogens is 307 g/mol. The normalized spacial score (nSPS) is 10.8. The molecule has 0 bridgehead atoms. The standard InChI is InChI=1S/C13H18Cl2N2O.ClH/c1-13(2,17-12(18)8-16-3)7-9-4-5-10(14)6-11(9)15;/h4-6,16H,7-8H2,1-3H3,(H,17,18);1H. The molecule has 0 saturated carbocycles. The molecule has 0 atom stereocenters. The summed E-state index contributed by atoms with van der Waals surface area (Å²) in [5.74, 6) is -0.0346. The van der Waals surface area contributed by atoms with E-state index in [1.165, 1.54) is 0 Å². The Morgan fingerprint density at radius 1 is 1.32 bits per heavy atom. The van der Waals surface area contributed by atoms with Gasteiger partial charge in [-0.05, 0) is 45.0 Å². The summed E-state index contributed by atoms with van der Waals surface area (Å²) in [7, 11) is 1.74. The van der Waals surface area contributed by atoms with Gasteiger partial charge in [-0.3, -0.25) is 4.79 Å². The molecule has 3 nitrogen and oxygen atoms in total. The average Bonchev–Trinajstić information content (AvgIpc) is 2.21. The molecular formula is C13H19Cl3N2O. The fourth-order valence-electron chi connectivity index (χ4n) is 1.77. The Hall–Kier alpha value is -0.480. The van der Waals surface area contributed by atoms with Crippen LogP contribution >= 0.6 is 35.6 Å². The fourth-order valence-corrected chi connectivity index (χ4v) is 2.24. The fraction of sp³-hybridized carbons (Fsp3) is 0.462. The van der Waals surface area contributed by atoms with Crippen molar-refractivity contribution in [2.45, 2.75) is 25.8 Å². The molecule has 108 valence electrons. The van der Waals surface area contributed by atoms with E-state index in [0.29, 0.717) is 23.0 Å². The van der Waals surface area contributed by atoms with E-state index < -0.39 is 0 Å². The maximum atomic E-state index is 11.6. The van der Waals surface area contributed by atoms with Gasteiger partial charge in [-0.15, -0.1) is 12.4 Å². The molecule has 0 aromatic heterocycles. The van der Waals surface area contributed by atoms with Gasteiger partial charge in [-0.1, -0.05) is 29.3 Å². The zero-order chi connectivity index (χ0) is 13.8. The summed E-state index contributed by atoms with van der Waals surface area (Å²) in [6.45, 7) is 4.23. The number of benzene rings is 1. The lowest BCUT2D eigenvalue weighted by atomic mass is 9.95. The van der Waals surface area contributed by atoms with Crippen molar-refractivity contribution < 1.29 is 4.79 Å². The number of hydrogen-bond donors (Lipinski definition) is 2. The Bertz CT molecular complexity index is 436. The van der Waals surface area contributed by atoms with Gasteiger partial charge in [-0.25, -0.2) is 0 Å². The third-order valence-electron chi connectivity index (χ3n) is 2.46. The van der Waals surface area contributed by atoms with Gasteiger partial charge in [0.15, 0.2) is 0 Å². The first kappa shape index (κ1) is 18.5. The smallest absolute Gasteiger partial charge is 0.234 e. The highest BCUT2D eigenvalue weighted by atomic mass is 35.5. The molecule has 6 heteroatoms. The Labute approximate surface area is 130 Å². The molecule has 0 unspecified atom stereocenters. The van der Waals surface area contributed by atoms with Crippen LogP contribution < -0.4 is 10.6 Å². The second kappa shape index (κ2) is 7.95. The Morgan fingerprint density at radius 3 is 2.47 bits per heavy atom. The summed E-state index contributed by atoms with van der Waals surface area (Å²) in [6.07, 6.45) is 0.651. The van der Waals surface area contributed by atoms with Crippen LogP contribution in [0.2, 0.25) is 10.0 Å². The van der Waals surface area contributed by atoms with Crippen LogP contribution in [0.15, 0.2) is 18.2 Å². The topological polar surface area (TPSA) is 41.1 Å². The van der Waals surface area contributed by atoms with Gasteiger partial charge in [0.1, 0.15) is 0 Å². The third kappa shape index (κ3) is 6.48. The molecule has 1 rings (SSSR count). The number of rotatable bonds is 5. The molecule has 2 N–H and O–H groups in total. The molecule has 0 fully saturated rings. The largest absolute Gasteiger partial charge is 0.350 e. The monoisotopic (exact) mass is 324 g/mol. The van der Waals surface area contributed by atoms with Crippen molar-refractivity contribution in [3.8, 4) is 0 Å². The predicted molar refractivity (Wildman–Crippen MR) is 83.6 cm³/mol. The molecule has 0 aliphatic heterocycles. The summed E-state index contributed by atoms with van der Waals surface area (Å²) < 4.78 is 0. The minimum Gasteiger partial charge on any atom is -0.350 e. The Morgan fingerprint density at radius 2 is 1.95 bits per heavy atom. The summed E-state index contributed by atoms with van der Waals surface area (Å²) >= 11 is 12.0. The van der Waals surface area contributed by atoms with Crippen LogP contribution in [0, 0.1) is 0 Å². The predicted octanol–water partition coefficient (Wildman–Crippen LogP) is 3.07. The van der Waals surface area contributed by atoms with Gasteiger partial charge in [0.2, 0.25) is 5.91 Å². The minimum atomic E-state index is -0.356. The molecule has 0 aliphatic carbocycles. The Kier molecular flexibility index (Phi) is 7.75. The van der Waals surface area contributed by atoms with Gasteiger partial charge in [-0.2, -0.15) is 0 Å². The molecule has 0 radical (unpaired) electrons. The van der Waals surface area contributed by atoms with Gasteiger partial charge >= 0.3 is 0 Å². The summed E-state index contributed by atoms with van der Waals surface area (Å²) in [4.78, 5) is 11.6. The van der Waals surface area contributed by atoms with Gasteiger partial charge < -0.3 is 10.6 Å². The SMILES string of the molecule is CNCC(=O)NC(C)(C)Cc1ccc(Cl)cc1Cl.Cl. The van der Waals surface area contributed by atoms with E-state index in [-0.39, 0.29) is 23.9 Å². The minimum absolute atomic E-state index is 0. The summed E-state index contributed by atoms with van der Waals surface area (Å²) in [5.41, 5.74) is 0.613. The molecule has 0 spiro atoms. The number of carbonyl (C=O) groups is 1. The van der Waals surface area contributed by atoms with E-state index in [9.17, 15) is 4.79 Å². The molecule has 1 aromatic carbocycles. The van der Waals surface area contributed by atoms with Gasteiger partial charge in [0.25, 0.3) is 0 Å².